The quantitative estimate of drug-likeness (QED) is 0.531. The van der Waals surface area contributed by atoms with Crippen LogP contribution >= 0.6 is 11.6 Å². The van der Waals surface area contributed by atoms with Crippen molar-refractivity contribution in [2.45, 2.75) is 43.5 Å². The van der Waals surface area contributed by atoms with Crippen molar-refractivity contribution < 1.29 is 17.9 Å². The van der Waals surface area contributed by atoms with Crippen LogP contribution in [0.4, 0.5) is 0 Å². The molecule has 1 fully saturated rings. The summed E-state index contributed by atoms with van der Waals surface area (Å²) in [5, 5.41) is 7.02. The Morgan fingerprint density at radius 3 is 2.31 bits per heavy atom. The normalized spacial score (nSPS) is 23.4. The van der Waals surface area contributed by atoms with E-state index in [-0.39, 0.29) is 23.8 Å². The Morgan fingerprint density at radius 1 is 1.00 bits per heavy atom. The summed E-state index contributed by atoms with van der Waals surface area (Å²) in [6, 6.07) is 12.4. The molecule has 1 aliphatic carbocycles. The molecule has 1 amide bonds. The summed E-state index contributed by atoms with van der Waals surface area (Å²) >= 11 is 6.42. The number of fused-ring (bicyclic) bond motifs is 1. The first-order valence-electron chi connectivity index (χ1n) is 12.3. The van der Waals surface area contributed by atoms with E-state index in [2.05, 4.69) is 12.2 Å². The fourth-order valence-electron chi connectivity index (χ4n) is 5.34. The molecule has 9 heteroatoms. The number of carbonyl (C=O) groups is 1. The van der Waals surface area contributed by atoms with Crippen LogP contribution in [0.3, 0.4) is 0 Å². The van der Waals surface area contributed by atoms with Gasteiger partial charge in [0.15, 0.2) is 0 Å². The number of sulfonamides is 1. The summed E-state index contributed by atoms with van der Waals surface area (Å²) < 4.78 is 33.1. The maximum absolute atomic E-state index is 13.5. The van der Waals surface area contributed by atoms with E-state index in [9.17, 15) is 13.2 Å². The highest BCUT2D eigenvalue weighted by atomic mass is 35.5. The first kappa shape index (κ1) is 25.0. The Kier molecular flexibility index (Phi) is 6.94. The minimum atomic E-state index is -3.57. The Bertz CT molecular complexity index is 1320. The van der Waals surface area contributed by atoms with E-state index in [4.69, 9.17) is 21.4 Å². The van der Waals surface area contributed by atoms with Crippen LogP contribution in [0.2, 0.25) is 5.02 Å². The molecular formula is C27H30ClN3O4S. The van der Waals surface area contributed by atoms with Gasteiger partial charge in [0.1, 0.15) is 5.75 Å². The third-order valence-electron chi connectivity index (χ3n) is 7.42. The molecular weight excluding hydrogens is 498 g/mol. The minimum absolute atomic E-state index is 0.00906. The van der Waals surface area contributed by atoms with Crippen molar-refractivity contribution in [3.05, 3.63) is 70.8 Å². The van der Waals surface area contributed by atoms with Crippen LogP contribution in [0.5, 0.6) is 5.75 Å². The number of methoxy groups -OCH3 is 1. The Hall–Kier alpha value is -2.68. The summed E-state index contributed by atoms with van der Waals surface area (Å²) in [6.45, 7) is 2.62. The summed E-state index contributed by atoms with van der Waals surface area (Å²) in [7, 11) is -2.00. The van der Waals surface area contributed by atoms with Gasteiger partial charge < -0.3 is 4.74 Å². The van der Waals surface area contributed by atoms with Gasteiger partial charge >= 0.3 is 0 Å². The van der Waals surface area contributed by atoms with Crippen LogP contribution < -0.4 is 4.74 Å². The highest BCUT2D eigenvalue weighted by Crippen LogP contribution is 2.38. The van der Waals surface area contributed by atoms with Gasteiger partial charge in [0.2, 0.25) is 15.9 Å². The minimum Gasteiger partial charge on any atom is -0.495 e. The molecule has 2 aromatic carbocycles. The summed E-state index contributed by atoms with van der Waals surface area (Å²) in [5.41, 5.74) is 2.74. The van der Waals surface area contributed by atoms with Gasteiger partial charge in [0, 0.05) is 19.0 Å². The van der Waals surface area contributed by atoms with Gasteiger partial charge in [-0.2, -0.15) is 9.41 Å². The lowest BCUT2D eigenvalue weighted by atomic mass is 9.76. The number of piperidine rings is 1. The molecule has 0 spiro atoms. The monoisotopic (exact) mass is 527 g/mol. The highest BCUT2D eigenvalue weighted by molar-refractivity contribution is 7.89. The molecule has 0 unspecified atom stereocenters. The molecule has 2 aliphatic heterocycles. The predicted octanol–water partition coefficient (Wildman–Crippen LogP) is 4.64. The van der Waals surface area contributed by atoms with Gasteiger partial charge in [-0.15, -0.1) is 0 Å². The Labute approximate surface area is 217 Å². The van der Waals surface area contributed by atoms with E-state index in [1.807, 2.05) is 37.3 Å². The van der Waals surface area contributed by atoms with Crippen molar-refractivity contribution >= 4 is 33.2 Å². The Morgan fingerprint density at radius 2 is 1.67 bits per heavy atom. The fourth-order valence-corrected chi connectivity index (χ4v) is 7.07. The van der Waals surface area contributed by atoms with Crippen molar-refractivity contribution in [1.82, 2.24) is 9.31 Å². The number of aryl methyl sites for hydroxylation is 1. The van der Waals surface area contributed by atoms with Gasteiger partial charge in [-0.25, -0.2) is 13.4 Å². The molecule has 7 nitrogen and oxygen atoms in total. The van der Waals surface area contributed by atoms with Crippen LogP contribution in [0.1, 0.15) is 36.8 Å². The summed E-state index contributed by atoms with van der Waals surface area (Å²) in [5.74, 6) is 0.419. The first-order valence-corrected chi connectivity index (χ1v) is 14.1. The van der Waals surface area contributed by atoms with Crippen molar-refractivity contribution in [2.24, 2.45) is 16.9 Å². The van der Waals surface area contributed by atoms with Crippen LogP contribution in [0.15, 0.2) is 64.6 Å². The molecule has 0 aromatic heterocycles. The maximum Gasteiger partial charge on any atom is 0.247 e. The van der Waals surface area contributed by atoms with E-state index in [1.54, 1.807) is 24.3 Å². The standard InChI is InChI=1S/C27H30ClN3O4S/c1-18-7-10-21(11-8-18)36(33,34)30-15-13-20(14-16-30)31-27(32)23-6-4-3-5-22(23)26(29-31)19-9-12-25(35-2)24(28)17-19/h3-4,7-12,17,20,22-23H,5-6,13-16H2,1-2H3/t22-,23+/m0/s1. The molecule has 36 heavy (non-hydrogen) atoms. The second-order valence-electron chi connectivity index (χ2n) is 9.62. The lowest BCUT2D eigenvalue weighted by Gasteiger charge is -2.42. The maximum atomic E-state index is 13.5. The van der Waals surface area contributed by atoms with Gasteiger partial charge in [-0.3, -0.25) is 4.79 Å². The molecule has 0 saturated carbocycles. The molecule has 0 bridgehead atoms. The van der Waals surface area contributed by atoms with E-state index >= 15 is 0 Å². The zero-order valence-electron chi connectivity index (χ0n) is 20.4. The lowest BCUT2D eigenvalue weighted by Crippen LogP contribution is -2.52. The highest BCUT2D eigenvalue weighted by Gasteiger charge is 2.43. The lowest BCUT2D eigenvalue weighted by molar-refractivity contribution is -0.141. The topological polar surface area (TPSA) is 79.3 Å². The van der Waals surface area contributed by atoms with Crippen LogP contribution in [0.25, 0.3) is 0 Å². The zero-order valence-corrected chi connectivity index (χ0v) is 22.0. The van der Waals surface area contributed by atoms with E-state index in [0.717, 1.165) is 23.3 Å². The summed E-state index contributed by atoms with van der Waals surface area (Å²) in [6.07, 6.45) is 6.66. The molecule has 3 aliphatic rings. The number of halogens is 1. The third kappa shape index (κ3) is 4.58. The number of allylic oxidation sites excluding steroid dienone is 2. The number of hydrazone groups is 1. The number of amides is 1. The van der Waals surface area contributed by atoms with Crippen LogP contribution in [-0.4, -0.2) is 55.6 Å². The number of nitrogens with zero attached hydrogens (tertiary/aromatic N) is 3. The SMILES string of the molecule is COc1ccc(C2=NN(C3CCN(S(=O)(=O)c4ccc(C)cc4)CC3)C(=O)[C@@H]3CC=CC[C@H]23)cc1Cl. The van der Waals surface area contributed by atoms with Crippen molar-refractivity contribution in [3.63, 3.8) is 0 Å². The average Bonchev–Trinajstić information content (AvgIpc) is 2.89. The smallest absolute Gasteiger partial charge is 0.247 e. The van der Waals surface area contributed by atoms with E-state index in [0.29, 0.717) is 48.0 Å². The number of benzene rings is 2. The fraction of sp³-hybridized carbons (Fsp3) is 0.407. The van der Waals surface area contributed by atoms with Crippen LogP contribution in [-0.2, 0) is 14.8 Å². The molecule has 0 N–H and O–H groups in total. The number of rotatable bonds is 5. The average molecular weight is 528 g/mol. The molecule has 5 rings (SSSR count). The second-order valence-corrected chi connectivity index (χ2v) is 12.0. The van der Waals surface area contributed by atoms with Gasteiger partial charge in [-0.05, 0) is 68.5 Å². The summed E-state index contributed by atoms with van der Waals surface area (Å²) in [4.78, 5) is 13.8. The van der Waals surface area contributed by atoms with Crippen molar-refractivity contribution in [3.8, 4) is 5.75 Å². The van der Waals surface area contributed by atoms with E-state index < -0.39 is 10.0 Å². The van der Waals surface area contributed by atoms with Gasteiger partial charge in [-0.1, -0.05) is 41.4 Å². The van der Waals surface area contributed by atoms with Gasteiger partial charge in [0.25, 0.3) is 0 Å². The van der Waals surface area contributed by atoms with E-state index in [1.165, 1.54) is 4.31 Å². The third-order valence-corrected chi connectivity index (χ3v) is 9.63. The largest absolute Gasteiger partial charge is 0.495 e. The molecule has 2 heterocycles. The first-order chi connectivity index (χ1) is 17.3. The number of hydrogen-bond donors (Lipinski definition) is 0. The van der Waals surface area contributed by atoms with Crippen molar-refractivity contribution in [1.29, 1.82) is 0 Å². The molecule has 2 aromatic rings. The van der Waals surface area contributed by atoms with Crippen LogP contribution in [0, 0.1) is 18.8 Å². The molecule has 2 atom stereocenters. The van der Waals surface area contributed by atoms with Gasteiger partial charge in [0.05, 0.1) is 34.7 Å². The number of hydrogen-bond acceptors (Lipinski definition) is 5. The predicted molar refractivity (Wildman–Crippen MR) is 140 cm³/mol. The number of ether oxygens (including phenoxy) is 1. The zero-order chi connectivity index (χ0) is 25.4. The Balaban J connectivity index is 1.40. The molecule has 190 valence electrons. The number of carbonyl (C=O) groups excluding carboxylic acids is 1. The van der Waals surface area contributed by atoms with Crippen molar-refractivity contribution in [2.75, 3.05) is 20.2 Å². The molecule has 0 radical (unpaired) electrons. The second kappa shape index (κ2) is 10.00. The molecule has 1 saturated heterocycles.